The average molecular weight is 131 g/mol. The van der Waals surface area contributed by atoms with Gasteiger partial charge in [0.1, 0.15) is 0 Å². The fourth-order valence-corrected chi connectivity index (χ4v) is 0.761. The second kappa shape index (κ2) is 6.05. The summed E-state index contributed by atoms with van der Waals surface area (Å²) < 4.78 is 0. The lowest BCUT2D eigenvalue weighted by molar-refractivity contribution is 0.180. The highest BCUT2D eigenvalue weighted by molar-refractivity contribution is 4.48. The molecule has 2 heteroatoms. The van der Waals surface area contributed by atoms with Crippen LogP contribution in [0.1, 0.15) is 32.6 Å². The highest BCUT2D eigenvalue weighted by Crippen LogP contribution is 2.01. The van der Waals surface area contributed by atoms with Crippen molar-refractivity contribution in [3.63, 3.8) is 0 Å². The lowest BCUT2D eigenvalue weighted by Gasteiger charge is -2.01. The predicted molar refractivity (Wildman–Crippen MR) is 39.2 cm³/mol. The van der Waals surface area contributed by atoms with E-state index in [9.17, 15) is 0 Å². The number of aliphatic hydroxyl groups excluding tert-OH is 1. The van der Waals surface area contributed by atoms with Crippen LogP contribution in [0.15, 0.2) is 0 Å². The van der Waals surface area contributed by atoms with Crippen LogP contribution in [-0.2, 0) is 0 Å². The second-order valence-electron chi connectivity index (χ2n) is 2.49. The lowest BCUT2D eigenvalue weighted by atomic mass is 10.1. The van der Waals surface area contributed by atoms with E-state index in [2.05, 4.69) is 0 Å². The van der Waals surface area contributed by atoms with Gasteiger partial charge in [-0.1, -0.05) is 12.8 Å². The standard InChI is InChI=1S/C7H17NO/c1-7(9)5-3-2-4-6-8/h7,9H,2-6,8H2,1H3. The number of hydrogen-bond acceptors (Lipinski definition) is 2. The summed E-state index contributed by atoms with van der Waals surface area (Å²) in [7, 11) is 0. The molecule has 3 N–H and O–H groups in total. The van der Waals surface area contributed by atoms with Crippen LogP contribution in [0.4, 0.5) is 0 Å². The smallest absolute Gasteiger partial charge is 0.0512 e. The van der Waals surface area contributed by atoms with E-state index in [4.69, 9.17) is 10.8 Å². The topological polar surface area (TPSA) is 46.2 Å². The van der Waals surface area contributed by atoms with Crippen molar-refractivity contribution in [2.45, 2.75) is 38.7 Å². The first-order valence-electron chi connectivity index (χ1n) is 3.65. The summed E-state index contributed by atoms with van der Waals surface area (Å²) in [6, 6.07) is 0. The van der Waals surface area contributed by atoms with E-state index in [-0.39, 0.29) is 6.10 Å². The van der Waals surface area contributed by atoms with Gasteiger partial charge in [-0.25, -0.2) is 0 Å². The van der Waals surface area contributed by atoms with Gasteiger partial charge in [0.05, 0.1) is 6.10 Å². The van der Waals surface area contributed by atoms with E-state index in [1.807, 2.05) is 6.92 Å². The first kappa shape index (κ1) is 8.92. The fraction of sp³-hybridized carbons (Fsp3) is 1.00. The van der Waals surface area contributed by atoms with E-state index in [0.29, 0.717) is 0 Å². The third-order valence-corrected chi connectivity index (χ3v) is 1.33. The number of unbranched alkanes of at least 4 members (excludes halogenated alkanes) is 2. The summed E-state index contributed by atoms with van der Waals surface area (Å²) in [5.74, 6) is 0. The predicted octanol–water partition coefficient (Wildman–Crippen LogP) is 0.886. The molecule has 0 amide bonds. The quantitative estimate of drug-likeness (QED) is 0.544. The third kappa shape index (κ3) is 7.92. The highest BCUT2D eigenvalue weighted by Gasteiger charge is 1.93. The molecular weight excluding hydrogens is 114 g/mol. The number of aliphatic hydroxyl groups is 1. The maximum Gasteiger partial charge on any atom is 0.0512 e. The molecule has 0 aliphatic heterocycles. The van der Waals surface area contributed by atoms with Gasteiger partial charge in [0, 0.05) is 0 Å². The van der Waals surface area contributed by atoms with Gasteiger partial charge in [-0.05, 0) is 26.3 Å². The van der Waals surface area contributed by atoms with Gasteiger partial charge in [-0.2, -0.15) is 0 Å². The Morgan fingerprint density at radius 3 is 2.44 bits per heavy atom. The van der Waals surface area contributed by atoms with Crippen LogP contribution in [0.3, 0.4) is 0 Å². The largest absolute Gasteiger partial charge is 0.393 e. The van der Waals surface area contributed by atoms with Crippen molar-refractivity contribution in [2.24, 2.45) is 5.73 Å². The Balaban J connectivity index is 2.75. The minimum Gasteiger partial charge on any atom is -0.393 e. The van der Waals surface area contributed by atoms with Crippen LogP contribution in [0.5, 0.6) is 0 Å². The van der Waals surface area contributed by atoms with Gasteiger partial charge in [0.15, 0.2) is 0 Å². The second-order valence-corrected chi connectivity index (χ2v) is 2.49. The summed E-state index contributed by atoms with van der Waals surface area (Å²) in [4.78, 5) is 0. The zero-order chi connectivity index (χ0) is 7.11. The van der Waals surface area contributed by atoms with Gasteiger partial charge in [0.25, 0.3) is 0 Å². The summed E-state index contributed by atoms with van der Waals surface area (Å²) in [5, 5.41) is 8.82. The van der Waals surface area contributed by atoms with E-state index in [0.717, 1.165) is 32.2 Å². The summed E-state index contributed by atoms with van der Waals surface area (Å²) >= 11 is 0. The first-order valence-corrected chi connectivity index (χ1v) is 3.65. The maximum absolute atomic E-state index is 8.82. The van der Waals surface area contributed by atoms with Crippen LogP contribution in [0.2, 0.25) is 0 Å². The molecule has 0 saturated carbocycles. The minimum absolute atomic E-state index is 0.136. The van der Waals surface area contributed by atoms with Gasteiger partial charge < -0.3 is 10.8 Å². The normalized spacial score (nSPS) is 13.7. The summed E-state index contributed by atoms with van der Waals surface area (Å²) in [6.45, 7) is 2.60. The van der Waals surface area contributed by atoms with Crippen molar-refractivity contribution in [1.82, 2.24) is 0 Å². The number of rotatable bonds is 5. The van der Waals surface area contributed by atoms with Crippen molar-refractivity contribution in [3.05, 3.63) is 0 Å². The van der Waals surface area contributed by atoms with Crippen molar-refractivity contribution >= 4 is 0 Å². The summed E-state index contributed by atoms with van der Waals surface area (Å²) in [5.41, 5.74) is 5.28. The molecule has 0 spiro atoms. The molecular formula is C7H17NO. The molecule has 1 atom stereocenters. The molecule has 0 aromatic rings. The Bertz CT molecular complexity index is 54.9. The highest BCUT2D eigenvalue weighted by atomic mass is 16.3. The molecule has 0 aliphatic rings. The molecule has 0 aliphatic carbocycles. The Hall–Kier alpha value is -0.0800. The summed E-state index contributed by atoms with van der Waals surface area (Å²) in [6.07, 6.45) is 4.13. The van der Waals surface area contributed by atoms with Gasteiger partial charge >= 0.3 is 0 Å². The number of hydrogen-bond donors (Lipinski definition) is 2. The van der Waals surface area contributed by atoms with Crippen LogP contribution in [-0.4, -0.2) is 17.8 Å². The van der Waals surface area contributed by atoms with E-state index in [1.54, 1.807) is 0 Å². The number of nitrogens with two attached hydrogens (primary N) is 1. The molecule has 0 bridgehead atoms. The monoisotopic (exact) mass is 131 g/mol. The third-order valence-electron chi connectivity index (χ3n) is 1.33. The lowest BCUT2D eigenvalue weighted by Crippen LogP contribution is -2.01. The van der Waals surface area contributed by atoms with Crippen molar-refractivity contribution in [3.8, 4) is 0 Å². The Morgan fingerprint density at radius 2 is 2.00 bits per heavy atom. The van der Waals surface area contributed by atoms with Crippen molar-refractivity contribution < 1.29 is 5.11 Å². The molecule has 9 heavy (non-hydrogen) atoms. The minimum atomic E-state index is -0.136. The average Bonchev–Trinajstić information content (AvgIpc) is 1.80. The zero-order valence-corrected chi connectivity index (χ0v) is 6.14. The molecule has 0 aromatic heterocycles. The molecule has 0 rings (SSSR count). The van der Waals surface area contributed by atoms with Crippen LogP contribution in [0.25, 0.3) is 0 Å². The van der Waals surface area contributed by atoms with Crippen molar-refractivity contribution in [2.75, 3.05) is 6.54 Å². The van der Waals surface area contributed by atoms with E-state index < -0.39 is 0 Å². The van der Waals surface area contributed by atoms with Crippen LogP contribution < -0.4 is 5.73 Å². The molecule has 2 nitrogen and oxygen atoms in total. The molecule has 56 valence electrons. The van der Waals surface area contributed by atoms with Gasteiger partial charge in [0.2, 0.25) is 0 Å². The van der Waals surface area contributed by atoms with Gasteiger partial charge in [-0.3, -0.25) is 0 Å². The fourth-order valence-electron chi connectivity index (χ4n) is 0.761. The van der Waals surface area contributed by atoms with Crippen LogP contribution in [0, 0.1) is 0 Å². The van der Waals surface area contributed by atoms with E-state index in [1.165, 1.54) is 0 Å². The Kier molecular flexibility index (Phi) is 5.99. The molecule has 0 radical (unpaired) electrons. The maximum atomic E-state index is 8.82. The first-order chi connectivity index (χ1) is 4.27. The van der Waals surface area contributed by atoms with E-state index >= 15 is 0 Å². The molecule has 0 saturated heterocycles. The Labute approximate surface area is 57.1 Å². The van der Waals surface area contributed by atoms with Gasteiger partial charge in [-0.15, -0.1) is 0 Å². The van der Waals surface area contributed by atoms with Crippen LogP contribution >= 0.6 is 0 Å². The molecule has 0 aromatic carbocycles. The zero-order valence-electron chi connectivity index (χ0n) is 6.14. The Morgan fingerprint density at radius 1 is 1.33 bits per heavy atom. The van der Waals surface area contributed by atoms with Crippen molar-refractivity contribution in [1.29, 1.82) is 0 Å². The molecule has 0 heterocycles. The SMILES string of the molecule is CC(O)CCCCCN. The molecule has 0 fully saturated rings. The molecule has 1 unspecified atom stereocenters.